The summed E-state index contributed by atoms with van der Waals surface area (Å²) in [7, 11) is 0. The standard InChI is InChI=1S/C39H49F3N6O5/c1-28(49)48-19-4-5-21-52-34-23-30(9-12-32(34)33(50)13-14-38(15-16-38)26-47-17-2-3-18-47)24-35-44-36(46-37(45-35)53-27-39(40,41)42)43-25-29-7-10-31(11-8-29)51-22-6-20-48/h7-12,23H,2-6,13-22,24-27H2,1H3,(H,43,44,45,46). The van der Waals surface area contributed by atoms with Crippen molar-refractivity contribution in [1.29, 1.82) is 0 Å². The number of hydrogen-bond donors (Lipinski definition) is 1. The molecule has 6 bridgehead atoms. The number of rotatable bonds is 8. The van der Waals surface area contributed by atoms with Gasteiger partial charge in [-0.25, -0.2) is 0 Å². The maximum atomic E-state index is 13.7. The van der Waals surface area contributed by atoms with Gasteiger partial charge in [0.25, 0.3) is 0 Å². The first-order valence-electron chi connectivity index (χ1n) is 18.7. The van der Waals surface area contributed by atoms with Crippen molar-refractivity contribution in [1.82, 2.24) is 24.8 Å². The summed E-state index contributed by atoms with van der Waals surface area (Å²) in [5.41, 5.74) is 2.29. The smallest absolute Gasteiger partial charge is 0.422 e. The van der Waals surface area contributed by atoms with Gasteiger partial charge in [-0.3, -0.25) is 9.59 Å². The lowest BCUT2D eigenvalue weighted by atomic mass is 9.94. The van der Waals surface area contributed by atoms with Gasteiger partial charge in [-0.1, -0.05) is 18.2 Å². The van der Waals surface area contributed by atoms with Gasteiger partial charge in [0.15, 0.2) is 12.4 Å². The van der Waals surface area contributed by atoms with Crippen LogP contribution in [-0.2, 0) is 17.8 Å². The van der Waals surface area contributed by atoms with E-state index >= 15 is 0 Å². The number of ether oxygens (including phenoxy) is 3. The molecule has 3 aliphatic heterocycles. The summed E-state index contributed by atoms with van der Waals surface area (Å²) in [4.78, 5) is 43.2. The zero-order valence-corrected chi connectivity index (χ0v) is 30.4. The Morgan fingerprint density at radius 2 is 1.60 bits per heavy atom. The van der Waals surface area contributed by atoms with Crippen molar-refractivity contribution in [2.24, 2.45) is 5.41 Å². The normalized spacial score (nSPS) is 18.4. The molecule has 286 valence electrons. The Bertz CT molecular complexity index is 1700. The van der Waals surface area contributed by atoms with E-state index in [4.69, 9.17) is 14.2 Å². The number of carbonyl (C=O) groups excluding carboxylic acids is 2. The van der Waals surface area contributed by atoms with E-state index in [1.165, 1.54) is 12.8 Å². The molecular formula is C39H49F3N6O5. The van der Waals surface area contributed by atoms with Gasteiger partial charge in [0.05, 0.1) is 18.8 Å². The third-order valence-corrected chi connectivity index (χ3v) is 10.1. The molecule has 0 spiro atoms. The highest BCUT2D eigenvalue weighted by Gasteiger charge is 2.44. The minimum atomic E-state index is -4.57. The van der Waals surface area contributed by atoms with E-state index in [9.17, 15) is 22.8 Å². The number of amides is 1. The topological polar surface area (TPSA) is 119 Å². The van der Waals surface area contributed by atoms with Gasteiger partial charge >= 0.3 is 12.2 Å². The van der Waals surface area contributed by atoms with Crippen LogP contribution in [0.25, 0.3) is 0 Å². The molecule has 4 heterocycles. The molecule has 1 aromatic heterocycles. The molecule has 2 fully saturated rings. The van der Waals surface area contributed by atoms with Gasteiger partial charge in [-0.05, 0) is 105 Å². The minimum absolute atomic E-state index is 0.000555. The van der Waals surface area contributed by atoms with E-state index in [0.717, 1.165) is 44.5 Å². The molecule has 1 saturated carbocycles. The summed E-state index contributed by atoms with van der Waals surface area (Å²) in [6.45, 7) is 5.54. The Morgan fingerprint density at radius 1 is 0.887 bits per heavy atom. The van der Waals surface area contributed by atoms with Gasteiger partial charge in [-0.15, -0.1) is 0 Å². The molecule has 3 aromatic rings. The van der Waals surface area contributed by atoms with Crippen molar-refractivity contribution in [2.45, 2.75) is 83.9 Å². The van der Waals surface area contributed by atoms with E-state index in [1.54, 1.807) is 25.1 Å². The number of Topliss-reactive ketones (excluding diaryl/α,β-unsaturated/α-hetero) is 1. The van der Waals surface area contributed by atoms with E-state index < -0.39 is 18.8 Å². The third-order valence-electron chi connectivity index (χ3n) is 10.1. The molecule has 1 amide bonds. The van der Waals surface area contributed by atoms with Crippen molar-refractivity contribution in [3.63, 3.8) is 0 Å². The maximum absolute atomic E-state index is 13.7. The lowest BCUT2D eigenvalue weighted by molar-refractivity contribution is -0.154. The fourth-order valence-corrected chi connectivity index (χ4v) is 6.91. The summed E-state index contributed by atoms with van der Waals surface area (Å²) in [5.74, 6) is 1.39. The number of alkyl halides is 3. The molecule has 1 aliphatic carbocycles. The van der Waals surface area contributed by atoms with Crippen molar-refractivity contribution in [3.05, 3.63) is 65.0 Å². The van der Waals surface area contributed by atoms with E-state index in [0.29, 0.717) is 74.6 Å². The number of nitrogens with one attached hydrogen (secondary N) is 1. The van der Waals surface area contributed by atoms with Crippen LogP contribution in [0.3, 0.4) is 0 Å². The van der Waals surface area contributed by atoms with Crippen molar-refractivity contribution < 1.29 is 37.0 Å². The summed E-state index contributed by atoms with van der Waals surface area (Å²) < 4.78 is 56.3. The summed E-state index contributed by atoms with van der Waals surface area (Å²) in [6.07, 6.45) is 3.62. The van der Waals surface area contributed by atoms with Crippen LogP contribution in [0.2, 0.25) is 0 Å². The van der Waals surface area contributed by atoms with Crippen LogP contribution >= 0.6 is 0 Å². The molecule has 4 aliphatic rings. The molecular weight excluding hydrogens is 689 g/mol. The monoisotopic (exact) mass is 738 g/mol. The Morgan fingerprint density at radius 3 is 2.34 bits per heavy atom. The molecule has 0 atom stereocenters. The van der Waals surface area contributed by atoms with Crippen molar-refractivity contribution in [2.75, 3.05) is 57.9 Å². The van der Waals surface area contributed by atoms with E-state index in [1.807, 2.05) is 29.2 Å². The van der Waals surface area contributed by atoms with Crippen LogP contribution < -0.4 is 19.5 Å². The fraction of sp³-hybridized carbons (Fsp3) is 0.564. The number of aromatic nitrogens is 3. The molecule has 1 saturated heterocycles. The highest BCUT2D eigenvalue weighted by atomic mass is 19.4. The second-order valence-corrected chi connectivity index (χ2v) is 14.4. The van der Waals surface area contributed by atoms with Gasteiger partial charge in [0.2, 0.25) is 11.9 Å². The molecule has 0 unspecified atom stereocenters. The van der Waals surface area contributed by atoms with Gasteiger partial charge in [-0.2, -0.15) is 28.1 Å². The van der Waals surface area contributed by atoms with Crippen LogP contribution in [0.1, 0.15) is 92.0 Å². The van der Waals surface area contributed by atoms with Gasteiger partial charge in [0.1, 0.15) is 17.3 Å². The van der Waals surface area contributed by atoms with Crippen molar-refractivity contribution in [3.8, 4) is 17.5 Å². The average Bonchev–Trinajstić information content (AvgIpc) is 3.70. The number of benzene rings is 2. The average molecular weight is 739 g/mol. The maximum Gasteiger partial charge on any atom is 0.422 e. The second kappa shape index (κ2) is 17.6. The predicted molar refractivity (Wildman–Crippen MR) is 192 cm³/mol. The summed E-state index contributed by atoms with van der Waals surface area (Å²) in [5, 5.41) is 3.07. The largest absolute Gasteiger partial charge is 0.494 e. The highest BCUT2D eigenvalue weighted by molar-refractivity contribution is 5.98. The van der Waals surface area contributed by atoms with E-state index in [2.05, 4.69) is 25.2 Å². The SMILES string of the molecule is CC(=O)N1CCCCOc2cc(ccc2C(=O)CCC2(CN3CCCC3)CC2)Cc2nc(nc(OCC(F)(F)F)n2)NCc2ccc(cc2)OCCC1. The van der Waals surface area contributed by atoms with Crippen LogP contribution in [0.5, 0.6) is 17.5 Å². The second-order valence-electron chi connectivity index (χ2n) is 14.4. The number of likely N-dealkylation sites (tertiary alicyclic amines) is 1. The Kier molecular flexibility index (Phi) is 12.7. The van der Waals surface area contributed by atoms with Crippen LogP contribution in [-0.4, -0.2) is 95.2 Å². The molecule has 11 nitrogen and oxygen atoms in total. The first-order valence-corrected chi connectivity index (χ1v) is 18.7. The Hall–Kier alpha value is -4.46. The number of carbonyl (C=O) groups is 2. The van der Waals surface area contributed by atoms with Gasteiger partial charge in [0, 0.05) is 45.9 Å². The number of anilines is 1. The van der Waals surface area contributed by atoms with Gasteiger partial charge < -0.3 is 29.3 Å². The zero-order valence-electron chi connectivity index (χ0n) is 30.4. The first kappa shape index (κ1) is 38.3. The molecule has 53 heavy (non-hydrogen) atoms. The first-order chi connectivity index (χ1) is 25.5. The predicted octanol–water partition coefficient (Wildman–Crippen LogP) is 6.64. The lowest BCUT2D eigenvalue weighted by Gasteiger charge is -2.23. The molecule has 1 N–H and O–H groups in total. The third kappa shape index (κ3) is 11.8. The Balaban J connectivity index is 1.23. The fourth-order valence-electron chi connectivity index (χ4n) is 6.91. The van der Waals surface area contributed by atoms with Crippen LogP contribution in [0.4, 0.5) is 19.1 Å². The zero-order chi connectivity index (χ0) is 37.3. The van der Waals surface area contributed by atoms with Crippen LogP contribution in [0.15, 0.2) is 42.5 Å². The minimum Gasteiger partial charge on any atom is -0.494 e. The number of hydrogen-bond acceptors (Lipinski definition) is 10. The molecule has 0 radical (unpaired) electrons. The van der Waals surface area contributed by atoms with E-state index in [-0.39, 0.29) is 41.8 Å². The lowest BCUT2D eigenvalue weighted by Crippen LogP contribution is -2.31. The Labute approximate surface area is 308 Å². The van der Waals surface area contributed by atoms with Crippen LogP contribution in [0, 0.1) is 5.41 Å². The number of fused-ring (bicyclic) bond motifs is 12. The molecule has 14 heteroatoms. The quantitative estimate of drug-likeness (QED) is 0.252. The summed E-state index contributed by atoms with van der Waals surface area (Å²) in [6, 6.07) is 12.3. The molecule has 7 rings (SSSR count). The number of ketones is 1. The number of halogens is 3. The number of nitrogens with zero attached hydrogens (tertiary/aromatic N) is 5. The van der Waals surface area contributed by atoms with Crippen molar-refractivity contribution >= 4 is 17.6 Å². The highest BCUT2D eigenvalue weighted by Crippen LogP contribution is 2.50. The summed E-state index contributed by atoms with van der Waals surface area (Å²) >= 11 is 0. The molecule has 2 aromatic carbocycles.